The van der Waals surface area contributed by atoms with Crippen LogP contribution in [-0.2, 0) is 40.8 Å². The van der Waals surface area contributed by atoms with Gasteiger partial charge in [0.05, 0.1) is 36.5 Å². The largest absolute Gasteiger partial charge is 0.490 e. The zero-order chi connectivity index (χ0) is 37.4. The number of carbonyl (C=O) groups is 2. The highest BCUT2D eigenvalue weighted by Gasteiger charge is 2.45. The van der Waals surface area contributed by atoms with Crippen molar-refractivity contribution < 1.29 is 28.0 Å². The molecule has 2 fully saturated rings. The van der Waals surface area contributed by atoms with Crippen molar-refractivity contribution in [2.24, 2.45) is 22.1 Å². The standard InChI is InChI=1S/C41H55ClN4O6S/c1-28(2)38(47)43-53(49)32-13-16-37-35(24-32)46(26-41(27-51-37)17-7-9-29-23-31(42)12-15-34(29)41)25-30-11-14-33(30)36(50-22-20-45-18-5-6-19-45)10-8-21-52-40(3,4)39(48)44-53/h8,10,12-13,15-16,23-24,28,30,33,36H,5-7,9,11,14,17-22,25-27H2,1-4H3,(H,43,44,47,48,49)/b10-8+/t30-,33+,36-,41-,53?/m0/s1. The second kappa shape index (κ2) is 15.6. The summed E-state index contributed by atoms with van der Waals surface area (Å²) in [5, 5.41) is 0.736. The number of fused-ring (bicyclic) bond motifs is 4. The lowest BCUT2D eigenvalue weighted by Crippen LogP contribution is -2.50. The number of anilines is 1. The van der Waals surface area contributed by atoms with Gasteiger partial charge < -0.3 is 24.0 Å². The summed E-state index contributed by atoms with van der Waals surface area (Å²) < 4.78 is 41.3. The topological polar surface area (TPSA) is 110 Å². The highest BCUT2D eigenvalue weighted by Crippen LogP contribution is 2.47. The molecule has 3 heterocycles. The summed E-state index contributed by atoms with van der Waals surface area (Å²) in [6.07, 6.45) is 11.5. The van der Waals surface area contributed by atoms with E-state index < -0.39 is 33.2 Å². The molecular weight excluding hydrogens is 712 g/mol. The van der Waals surface area contributed by atoms with E-state index in [1.165, 1.54) is 24.0 Å². The second-order valence-electron chi connectivity index (χ2n) is 16.4. The molecule has 7 rings (SSSR count). The lowest BCUT2D eigenvalue weighted by molar-refractivity contribution is -0.137. The van der Waals surface area contributed by atoms with Crippen molar-refractivity contribution in [3.63, 3.8) is 0 Å². The third kappa shape index (κ3) is 8.20. The first-order chi connectivity index (χ1) is 25.4. The Morgan fingerprint density at radius 3 is 2.70 bits per heavy atom. The van der Waals surface area contributed by atoms with Crippen molar-refractivity contribution >= 4 is 39.0 Å². The Morgan fingerprint density at radius 2 is 1.94 bits per heavy atom. The van der Waals surface area contributed by atoms with E-state index in [0.29, 0.717) is 37.3 Å². The number of likely N-dealkylation sites (tertiary alicyclic amines) is 1. The van der Waals surface area contributed by atoms with Crippen LogP contribution in [0.3, 0.4) is 0 Å². The minimum atomic E-state index is -3.76. The lowest BCUT2D eigenvalue weighted by Gasteiger charge is -2.46. The van der Waals surface area contributed by atoms with Crippen LogP contribution in [0.25, 0.3) is 0 Å². The van der Waals surface area contributed by atoms with Gasteiger partial charge in [-0.3, -0.25) is 14.3 Å². The molecule has 0 aromatic heterocycles. The van der Waals surface area contributed by atoms with Crippen molar-refractivity contribution in [2.75, 3.05) is 57.4 Å². The van der Waals surface area contributed by atoms with E-state index in [0.717, 1.165) is 69.0 Å². The zero-order valence-electron chi connectivity index (χ0n) is 31.6. The van der Waals surface area contributed by atoms with Gasteiger partial charge in [0.15, 0.2) is 9.92 Å². The van der Waals surface area contributed by atoms with E-state index in [9.17, 15) is 13.8 Å². The molecule has 2 aromatic carbocycles. The first-order valence-corrected chi connectivity index (χ1v) is 21.3. The third-order valence-corrected chi connectivity index (χ3v) is 14.0. The normalized spacial score (nSPS) is 30.7. The van der Waals surface area contributed by atoms with E-state index in [1.54, 1.807) is 33.8 Å². The molecule has 0 radical (unpaired) electrons. The number of benzene rings is 2. The van der Waals surface area contributed by atoms with Gasteiger partial charge in [-0.2, -0.15) is 0 Å². The van der Waals surface area contributed by atoms with Crippen LogP contribution in [-0.4, -0.2) is 85.2 Å². The van der Waals surface area contributed by atoms with Gasteiger partial charge in [-0.05, 0) is 125 Å². The fourth-order valence-corrected chi connectivity index (χ4v) is 10.5. The van der Waals surface area contributed by atoms with Crippen molar-refractivity contribution in [2.45, 2.75) is 94.7 Å². The van der Waals surface area contributed by atoms with Gasteiger partial charge in [-0.25, -0.2) is 4.21 Å². The van der Waals surface area contributed by atoms with Crippen LogP contribution in [0, 0.1) is 17.8 Å². The molecule has 288 valence electrons. The zero-order valence-corrected chi connectivity index (χ0v) is 33.2. The molecule has 5 atom stereocenters. The molecule has 1 unspecified atom stereocenters. The van der Waals surface area contributed by atoms with Crippen LogP contribution in [0.2, 0.25) is 5.02 Å². The Bertz CT molecular complexity index is 1850. The number of hydrogen-bond acceptors (Lipinski definition) is 8. The van der Waals surface area contributed by atoms with E-state index in [-0.39, 0.29) is 23.0 Å². The van der Waals surface area contributed by atoms with E-state index in [1.807, 2.05) is 24.3 Å². The summed E-state index contributed by atoms with van der Waals surface area (Å²) in [5.41, 5.74) is 1.61. The van der Waals surface area contributed by atoms with Crippen molar-refractivity contribution in [3.05, 3.63) is 64.7 Å². The van der Waals surface area contributed by atoms with Gasteiger partial charge in [-0.1, -0.05) is 43.7 Å². The van der Waals surface area contributed by atoms with Crippen LogP contribution in [0.4, 0.5) is 5.69 Å². The molecule has 53 heavy (non-hydrogen) atoms. The quantitative estimate of drug-likeness (QED) is 0.323. The SMILES string of the molecule is CC(C)C(=O)NS1(=O)=NC(=O)C(C)(C)OC/C=C/[C@H](OCCN2CCCC2)[C@@H]2CC[C@H]2CN2C[C@@]3(CCCc4cc(Cl)ccc43)COc3ccc1cc32. The summed E-state index contributed by atoms with van der Waals surface area (Å²) in [5.74, 6) is -0.359. The Morgan fingerprint density at radius 1 is 1.13 bits per heavy atom. The molecule has 2 aliphatic carbocycles. The predicted octanol–water partition coefficient (Wildman–Crippen LogP) is 6.73. The molecule has 5 aliphatic rings. The van der Waals surface area contributed by atoms with Crippen LogP contribution in [0.15, 0.2) is 57.8 Å². The average Bonchev–Trinajstić information content (AvgIpc) is 3.58. The molecule has 1 N–H and O–H groups in total. The summed E-state index contributed by atoms with van der Waals surface area (Å²) in [7, 11) is -3.76. The highest BCUT2D eigenvalue weighted by molar-refractivity contribution is 7.92. The maximum atomic E-state index is 14.9. The summed E-state index contributed by atoms with van der Waals surface area (Å²) in [6, 6.07) is 11.5. The number of nitrogens with one attached hydrogen (secondary N) is 1. The van der Waals surface area contributed by atoms with E-state index >= 15 is 0 Å². The Balaban J connectivity index is 1.31. The van der Waals surface area contributed by atoms with Gasteiger partial charge in [0.25, 0.3) is 5.91 Å². The third-order valence-electron chi connectivity index (χ3n) is 12.0. The summed E-state index contributed by atoms with van der Waals surface area (Å²) in [6.45, 7) is 12.6. The Kier molecular flexibility index (Phi) is 11.3. The maximum Gasteiger partial charge on any atom is 0.287 e. The van der Waals surface area contributed by atoms with E-state index in [4.69, 9.17) is 25.8 Å². The molecule has 10 nitrogen and oxygen atoms in total. The minimum absolute atomic E-state index is 0.0955. The van der Waals surface area contributed by atoms with Crippen molar-refractivity contribution in [1.82, 2.24) is 9.62 Å². The number of hydrogen-bond donors (Lipinski definition) is 1. The van der Waals surface area contributed by atoms with Gasteiger partial charge in [-0.15, -0.1) is 4.36 Å². The average molecular weight is 767 g/mol. The molecule has 2 aromatic rings. The molecule has 1 saturated heterocycles. The van der Waals surface area contributed by atoms with Crippen molar-refractivity contribution in [1.29, 1.82) is 0 Å². The number of carbonyl (C=O) groups excluding carboxylic acids is 2. The van der Waals surface area contributed by atoms with Crippen molar-refractivity contribution in [3.8, 4) is 5.75 Å². The molecule has 2 amide bonds. The molecule has 3 aliphatic heterocycles. The number of amides is 2. The monoisotopic (exact) mass is 766 g/mol. The van der Waals surface area contributed by atoms with Gasteiger partial charge in [0.2, 0.25) is 5.91 Å². The number of nitrogens with zero attached hydrogens (tertiary/aromatic N) is 3. The maximum absolute atomic E-state index is 14.9. The first-order valence-electron chi connectivity index (χ1n) is 19.4. The summed E-state index contributed by atoms with van der Waals surface area (Å²) in [4.78, 5) is 32.1. The van der Waals surface area contributed by atoms with Gasteiger partial charge >= 0.3 is 0 Å². The molecule has 1 saturated carbocycles. The van der Waals surface area contributed by atoms with Gasteiger partial charge in [0.1, 0.15) is 11.4 Å². The fraction of sp³-hybridized carbons (Fsp3) is 0.610. The summed E-state index contributed by atoms with van der Waals surface area (Å²) >= 11 is 6.50. The lowest BCUT2D eigenvalue weighted by atomic mass is 9.68. The predicted molar refractivity (Wildman–Crippen MR) is 208 cm³/mol. The smallest absolute Gasteiger partial charge is 0.287 e. The van der Waals surface area contributed by atoms with Crippen LogP contribution in [0.1, 0.15) is 77.3 Å². The molecular formula is C41H55ClN4O6S. The Labute approximate surface area is 320 Å². The number of halogens is 1. The first kappa shape index (κ1) is 38.3. The Hall–Kier alpha value is -2.96. The molecule has 1 spiro atoms. The van der Waals surface area contributed by atoms with E-state index in [2.05, 4.69) is 37.1 Å². The number of rotatable bonds is 6. The molecule has 12 heteroatoms. The number of ether oxygens (including phenoxy) is 3. The second-order valence-corrected chi connectivity index (χ2v) is 18.8. The van der Waals surface area contributed by atoms with Gasteiger partial charge in [0, 0.05) is 36.0 Å². The molecule has 2 bridgehead atoms. The van der Waals surface area contributed by atoms with Crippen LogP contribution < -0.4 is 14.4 Å². The number of aryl methyl sites for hydroxylation is 1. The minimum Gasteiger partial charge on any atom is -0.490 e. The van der Waals surface area contributed by atoms with Crippen LogP contribution >= 0.6 is 11.6 Å². The fourth-order valence-electron chi connectivity index (χ4n) is 8.57. The highest BCUT2D eigenvalue weighted by atomic mass is 35.5. The van der Waals surface area contributed by atoms with Crippen LogP contribution in [0.5, 0.6) is 5.75 Å².